The zero-order valence-electron chi connectivity index (χ0n) is 11.3. The monoisotopic (exact) mass is 273 g/mol. The van der Waals surface area contributed by atoms with Crippen LogP contribution in [0.3, 0.4) is 0 Å². The van der Waals surface area contributed by atoms with Crippen LogP contribution in [-0.4, -0.2) is 11.9 Å². The molecule has 0 unspecified atom stereocenters. The minimum Gasteiger partial charge on any atom is -0.398 e. The Morgan fingerprint density at radius 2 is 1.90 bits per heavy atom. The zero-order valence-corrected chi connectivity index (χ0v) is 11.3. The Morgan fingerprint density at radius 3 is 2.60 bits per heavy atom. The van der Waals surface area contributed by atoms with E-state index in [1.54, 1.807) is 30.5 Å². The number of allylic oxidation sites excluding steroid dienone is 1. The van der Waals surface area contributed by atoms with Crippen LogP contribution in [0, 0.1) is 5.92 Å². The summed E-state index contributed by atoms with van der Waals surface area (Å²) in [6, 6.07) is 6.08. The third kappa shape index (κ3) is 3.85. The Morgan fingerprint density at radius 1 is 1.20 bits per heavy atom. The Labute approximate surface area is 118 Å². The molecule has 0 spiro atoms. The molecule has 1 saturated carbocycles. The smallest absolute Gasteiger partial charge is 0.325 e. The number of imide groups is 1. The number of carbonyl (C=O) groups is 2. The van der Waals surface area contributed by atoms with Gasteiger partial charge in [0, 0.05) is 11.9 Å². The molecule has 0 bridgehead atoms. The molecule has 0 aromatic heterocycles. The summed E-state index contributed by atoms with van der Waals surface area (Å²) in [6.07, 6.45) is 8.40. The third-order valence-corrected chi connectivity index (χ3v) is 3.42. The van der Waals surface area contributed by atoms with E-state index in [9.17, 15) is 9.59 Å². The van der Waals surface area contributed by atoms with Crippen molar-refractivity contribution in [3.8, 4) is 0 Å². The molecule has 2 rings (SSSR count). The average Bonchev–Trinajstić information content (AvgIpc) is 2.92. The van der Waals surface area contributed by atoms with E-state index in [2.05, 4.69) is 10.6 Å². The molecule has 0 radical (unpaired) electrons. The average molecular weight is 273 g/mol. The molecule has 1 aromatic carbocycles. The number of rotatable bonds is 3. The number of nitrogens with one attached hydrogen (secondary N) is 2. The van der Waals surface area contributed by atoms with Crippen LogP contribution in [0.2, 0.25) is 0 Å². The van der Waals surface area contributed by atoms with Crippen LogP contribution < -0.4 is 16.4 Å². The van der Waals surface area contributed by atoms with E-state index in [4.69, 9.17) is 5.73 Å². The lowest BCUT2D eigenvalue weighted by atomic mass is 10.1. The van der Waals surface area contributed by atoms with Crippen LogP contribution in [0.5, 0.6) is 0 Å². The van der Waals surface area contributed by atoms with Crippen molar-refractivity contribution in [2.75, 3.05) is 5.73 Å². The molecule has 0 atom stereocenters. The Balaban J connectivity index is 1.82. The van der Waals surface area contributed by atoms with Crippen LogP contribution in [0.15, 0.2) is 36.5 Å². The number of benzene rings is 1. The molecule has 5 heteroatoms. The highest BCUT2D eigenvalue weighted by molar-refractivity contribution is 6.07. The van der Waals surface area contributed by atoms with Gasteiger partial charge in [-0.2, -0.15) is 0 Å². The predicted molar refractivity (Wildman–Crippen MR) is 78.0 cm³/mol. The number of para-hydroxylation sites is 1. The van der Waals surface area contributed by atoms with Gasteiger partial charge in [0.25, 0.3) is 5.91 Å². The highest BCUT2D eigenvalue weighted by Crippen LogP contribution is 2.25. The van der Waals surface area contributed by atoms with Crippen molar-refractivity contribution < 1.29 is 9.59 Å². The van der Waals surface area contributed by atoms with Crippen LogP contribution >= 0.6 is 0 Å². The summed E-state index contributed by atoms with van der Waals surface area (Å²) in [4.78, 5) is 23.4. The van der Waals surface area contributed by atoms with E-state index in [0.29, 0.717) is 17.2 Å². The first-order chi connectivity index (χ1) is 9.66. The summed E-state index contributed by atoms with van der Waals surface area (Å²) in [7, 11) is 0. The normalized spacial score (nSPS) is 15.4. The summed E-state index contributed by atoms with van der Waals surface area (Å²) < 4.78 is 0. The van der Waals surface area contributed by atoms with Gasteiger partial charge in [-0.15, -0.1) is 0 Å². The summed E-state index contributed by atoms with van der Waals surface area (Å²) in [5, 5.41) is 4.78. The van der Waals surface area contributed by atoms with E-state index in [1.807, 2.05) is 6.08 Å². The molecule has 0 heterocycles. The fourth-order valence-corrected chi connectivity index (χ4v) is 2.32. The molecule has 0 aliphatic heterocycles. The molecule has 0 saturated heterocycles. The Bertz CT molecular complexity index is 520. The van der Waals surface area contributed by atoms with Gasteiger partial charge in [0.1, 0.15) is 0 Å². The SMILES string of the molecule is Nc1ccccc1C(=O)NC(=O)N/C=C/C1CCCC1. The molecule has 1 fully saturated rings. The van der Waals surface area contributed by atoms with Crippen molar-refractivity contribution in [2.24, 2.45) is 5.92 Å². The molecule has 20 heavy (non-hydrogen) atoms. The third-order valence-electron chi connectivity index (χ3n) is 3.42. The maximum Gasteiger partial charge on any atom is 0.325 e. The predicted octanol–water partition coefficient (Wildman–Crippen LogP) is 2.41. The van der Waals surface area contributed by atoms with E-state index >= 15 is 0 Å². The fourth-order valence-electron chi connectivity index (χ4n) is 2.32. The van der Waals surface area contributed by atoms with Gasteiger partial charge in [-0.1, -0.05) is 31.1 Å². The largest absolute Gasteiger partial charge is 0.398 e. The van der Waals surface area contributed by atoms with Crippen molar-refractivity contribution in [3.63, 3.8) is 0 Å². The van der Waals surface area contributed by atoms with E-state index in [-0.39, 0.29) is 0 Å². The van der Waals surface area contributed by atoms with Crippen molar-refractivity contribution in [1.29, 1.82) is 0 Å². The van der Waals surface area contributed by atoms with Gasteiger partial charge in [-0.25, -0.2) is 4.79 Å². The maximum absolute atomic E-state index is 11.8. The first-order valence-electron chi connectivity index (χ1n) is 6.80. The molecule has 1 aliphatic carbocycles. The van der Waals surface area contributed by atoms with Gasteiger partial charge < -0.3 is 11.1 Å². The molecule has 1 aromatic rings. The van der Waals surface area contributed by atoms with E-state index < -0.39 is 11.9 Å². The fraction of sp³-hybridized carbons (Fsp3) is 0.333. The standard InChI is InChI=1S/C15H19N3O2/c16-13-8-4-3-7-12(13)14(19)18-15(20)17-10-9-11-5-1-2-6-11/h3-4,7-11H,1-2,5-6,16H2,(H2,17,18,19,20)/b10-9+. The number of hydrogen-bond donors (Lipinski definition) is 3. The minimum atomic E-state index is -0.549. The van der Waals surface area contributed by atoms with Crippen LogP contribution in [0.4, 0.5) is 10.5 Å². The zero-order chi connectivity index (χ0) is 14.4. The first-order valence-corrected chi connectivity index (χ1v) is 6.80. The second-order valence-corrected chi connectivity index (χ2v) is 4.92. The topological polar surface area (TPSA) is 84.2 Å². The lowest BCUT2D eigenvalue weighted by molar-refractivity contribution is 0.0965. The molecule has 1 aliphatic rings. The van der Waals surface area contributed by atoms with Crippen LogP contribution in [-0.2, 0) is 0 Å². The molecule has 3 amide bonds. The summed E-state index contributed by atoms with van der Waals surface area (Å²) in [5.41, 5.74) is 6.31. The van der Waals surface area contributed by atoms with Crippen molar-refractivity contribution in [2.45, 2.75) is 25.7 Å². The molecule has 106 valence electrons. The highest BCUT2D eigenvalue weighted by Gasteiger charge is 2.13. The second-order valence-electron chi connectivity index (χ2n) is 4.92. The number of nitrogens with two attached hydrogens (primary N) is 1. The first kappa shape index (κ1) is 14.1. The van der Waals surface area contributed by atoms with Gasteiger partial charge in [-0.3, -0.25) is 10.1 Å². The lowest BCUT2D eigenvalue weighted by Crippen LogP contribution is -2.37. The van der Waals surface area contributed by atoms with Gasteiger partial charge in [0.05, 0.1) is 5.56 Å². The summed E-state index contributed by atoms with van der Waals surface area (Å²) >= 11 is 0. The molecular weight excluding hydrogens is 254 g/mol. The summed E-state index contributed by atoms with van der Waals surface area (Å²) in [5.74, 6) is 0.0330. The van der Waals surface area contributed by atoms with E-state index in [0.717, 1.165) is 0 Å². The van der Waals surface area contributed by atoms with Gasteiger partial charge >= 0.3 is 6.03 Å². The number of carbonyl (C=O) groups excluding carboxylic acids is 2. The van der Waals surface area contributed by atoms with Gasteiger partial charge in [-0.05, 0) is 30.9 Å². The molecule has 5 nitrogen and oxygen atoms in total. The number of amides is 3. The number of urea groups is 1. The van der Waals surface area contributed by atoms with Crippen LogP contribution in [0.25, 0.3) is 0 Å². The minimum absolute atomic E-state index is 0.294. The second kappa shape index (κ2) is 6.75. The highest BCUT2D eigenvalue weighted by atomic mass is 16.2. The van der Waals surface area contributed by atoms with Crippen molar-refractivity contribution >= 4 is 17.6 Å². The number of nitrogen functional groups attached to an aromatic ring is 1. The van der Waals surface area contributed by atoms with Crippen molar-refractivity contribution in [3.05, 3.63) is 42.1 Å². The van der Waals surface area contributed by atoms with Crippen molar-refractivity contribution in [1.82, 2.24) is 10.6 Å². The van der Waals surface area contributed by atoms with Gasteiger partial charge in [0.15, 0.2) is 0 Å². The number of hydrogen-bond acceptors (Lipinski definition) is 3. The Kier molecular flexibility index (Phi) is 4.76. The van der Waals surface area contributed by atoms with E-state index in [1.165, 1.54) is 25.7 Å². The van der Waals surface area contributed by atoms with Gasteiger partial charge in [0.2, 0.25) is 0 Å². The molecule has 4 N–H and O–H groups in total. The maximum atomic E-state index is 11.8. The quantitative estimate of drug-likeness (QED) is 0.739. The Hall–Kier alpha value is -2.30. The summed E-state index contributed by atoms with van der Waals surface area (Å²) in [6.45, 7) is 0. The number of anilines is 1. The van der Waals surface area contributed by atoms with Crippen LogP contribution in [0.1, 0.15) is 36.0 Å². The molecular formula is C15H19N3O2. The lowest BCUT2D eigenvalue weighted by Gasteiger charge is -2.06.